The van der Waals surface area contributed by atoms with Gasteiger partial charge in [0, 0.05) is 0 Å². The molecule has 1 rings (SSSR count). The predicted molar refractivity (Wildman–Crippen MR) is 72.9 cm³/mol. The fourth-order valence-corrected chi connectivity index (χ4v) is 2.76. The summed E-state index contributed by atoms with van der Waals surface area (Å²) in [6.07, 6.45) is 12.0. The Labute approximate surface area is 108 Å². The van der Waals surface area contributed by atoms with E-state index in [4.69, 9.17) is 0 Å². The van der Waals surface area contributed by atoms with E-state index >= 15 is 0 Å². The normalized spacial score (nSPS) is 18.3. The minimum atomic E-state index is 0.000755. The average Bonchev–Trinajstić information content (AvgIpc) is 2.61. The Morgan fingerprint density at radius 2 is 1.71 bits per heavy atom. The number of allylic oxidation sites excluding steroid dienone is 2. The van der Waals surface area contributed by atoms with Gasteiger partial charge in [0.1, 0.15) is 0 Å². The molecular weight excluding hydrogens is 232 g/mol. The number of hydrogen-bond donors (Lipinski definition) is 0. The van der Waals surface area contributed by atoms with Crippen molar-refractivity contribution in [3.63, 3.8) is 0 Å². The third-order valence-corrected chi connectivity index (χ3v) is 3.93. The molecule has 17 heavy (non-hydrogen) atoms. The van der Waals surface area contributed by atoms with Crippen molar-refractivity contribution >= 4 is 22.7 Å². The number of unbranched alkanes of at least 4 members (excludes halogenated alkanes) is 7. The molecule has 0 bridgehead atoms. The van der Waals surface area contributed by atoms with Gasteiger partial charge in [-0.1, -0.05) is 51.5 Å². The molecule has 1 aliphatic rings. The van der Waals surface area contributed by atoms with E-state index in [9.17, 15) is 9.59 Å². The van der Waals surface area contributed by atoms with E-state index in [1.165, 1.54) is 38.5 Å². The Kier molecular flexibility index (Phi) is 7.25. The van der Waals surface area contributed by atoms with Crippen LogP contribution in [0.25, 0.3) is 0 Å². The summed E-state index contributed by atoms with van der Waals surface area (Å²) < 4.78 is 0. The van der Waals surface area contributed by atoms with Crippen LogP contribution in [0.3, 0.4) is 0 Å². The van der Waals surface area contributed by atoms with E-state index in [2.05, 4.69) is 6.92 Å². The number of ketones is 1. The van der Waals surface area contributed by atoms with Crippen molar-refractivity contribution in [2.45, 2.75) is 64.7 Å². The molecule has 3 heteroatoms. The lowest BCUT2D eigenvalue weighted by Crippen LogP contribution is -1.91. The van der Waals surface area contributed by atoms with Crippen LogP contribution < -0.4 is 0 Å². The van der Waals surface area contributed by atoms with Crippen LogP contribution in [0.5, 0.6) is 0 Å². The van der Waals surface area contributed by atoms with Gasteiger partial charge < -0.3 is 0 Å². The van der Waals surface area contributed by atoms with E-state index < -0.39 is 0 Å². The number of Topliss-reactive ketones (excluding diaryl/α,β-unsaturated/α-hetero) is 1. The Morgan fingerprint density at radius 1 is 1.06 bits per heavy atom. The molecule has 2 nitrogen and oxygen atoms in total. The molecule has 0 aromatic carbocycles. The first-order valence-electron chi connectivity index (χ1n) is 6.68. The Hall–Kier alpha value is -0.570. The van der Waals surface area contributed by atoms with Gasteiger partial charge in [-0.15, -0.1) is 0 Å². The van der Waals surface area contributed by atoms with Gasteiger partial charge in [-0.05, 0) is 24.6 Å². The van der Waals surface area contributed by atoms with Crippen LogP contribution >= 0.6 is 11.8 Å². The summed E-state index contributed by atoms with van der Waals surface area (Å²) in [6.45, 7) is 2.23. The molecule has 1 saturated heterocycles. The molecule has 0 saturated carbocycles. The zero-order chi connectivity index (χ0) is 12.5. The first kappa shape index (κ1) is 14.5. The SMILES string of the molecule is CCCCCCCCC/C=C1\SC(=O)CC1=O. The van der Waals surface area contributed by atoms with E-state index in [1.54, 1.807) is 0 Å². The van der Waals surface area contributed by atoms with Crippen LogP contribution in [0.1, 0.15) is 64.7 Å². The van der Waals surface area contributed by atoms with Crippen LogP contribution in [0.4, 0.5) is 0 Å². The van der Waals surface area contributed by atoms with Crippen LogP contribution in [-0.2, 0) is 9.59 Å². The molecule has 96 valence electrons. The van der Waals surface area contributed by atoms with Crippen molar-refractivity contribution < 1.29 is 9.59 Å². The second kappa shape index (κ2) is 8.51. The highest BCUT2D eigenvalue weighted by molar-refractivity contribution is 8.18. The Morgan fingerprint density at radius 3 is 2.29 bits per heavy atom. The van der Waals surface area contributed by atoms with Gasteiger partial charge in [-0.3, -0.25) is 9.59 Å². The minimum Gasteiger partial charge on any atom is -0.293 e. The summed E-state index contributed by atoms with van der Waals surface area (Å²) in [5.74, 6) is 0.0166. The van der Waals surface area contributed by atoms with Crippen molar-refractivity contribution in [3.8, 4) is 0 Å². The summed E-state index contributed by atoms with van der Waals surface area (Å²) in [7, 11) is 0. The average molecular weight is 254 g/mol. The molecule has 0 N–H and O–H groups in total. The van der Waals surface area contributed by atoms with Gasteiger partial charge in [0.05, 0.1) is 11.3 Å². The molecule has 1 aliphatic heterocycles. The van der Waals surface area contributed by atoms with Crippen molar-refractivity contribution in [3.05, 3.63) is 11.0 Å². The third kappa shape index (κ3) is 6.06. The van der Waals surface area contributed by atoms with E-state index in [0.29, 0.717) is 4.91 Å². The maximum Gasteiger partial charge on any atom is 0.201 e. The highest BCUT2D eigenvalue weighted by Gasteiger charge is 2.25. The quantitative estimate of drug-likeness (QED) is 0.369. The number of rotatable bonds is 8. The van der Waals surface area contributed by atoms with Crippen molar-refractivity contribution in [2.75, 3.05) is 0 Å². The standard InChI is InChI=1S/C14H22O2S/c1-2-3-4-5-6-7-8-9-10-13-12(15)11-14(16)17-13/h10H,2-9,11H2,1H3/b13-10-. The van der Waals surface area contributed by atoms with E-state index in [1.807, 2.05) is 6.08 Å². The summed E-state index contributed by atoms with van der Waals surface area (Å²) in [4.78, 5) is 23.0. The predicted octanol–water partition coefficient (Wildman–Crippen LogP) is 4.24. The van der Waals surface area contributed by atoms with Gasteiger partial charge in [0.2, 0.25) is 5.12 Å². The van der Waals surface area contributed by atoms with Gasteiger partial charge in [-0.25, -0.2) is 0 Å². The van der Waals surface area contributed by atoms with Crippen molar-refractivity contribution in [1.29, 1.82) is 0 Å². The molecule has 0 radical (unpaired) electrons. The van der Waals surface area contributed by atoms with Crippen molar-refractivity contribution in [2.24, 2.45) is 0 Å². The number of thioether (sulfide) groups is 1. The van der Waals surface area contributed by atoms with Gasteiger partial charge in [-0.2, -0.15) is 0 Å². The first-order valence-corrected chi connectivity index (χ1v) is 7.49. The van der Waals surface area contributed by atoms with Crippen LogP contribution in [-0.4, -0.2) is 10.9 Å². The monoisotopic (exact) mass is 254 g/mol. The first-order chi connectivity index (χ1) is 8.24. The van der Waals surface area contributed by atoms with Crippen LogP contribution in [0, 0.1) is 0 Å². The molecule has 1 heterocycles. The highest BCUT2D eigenvalue weighted by Crippen LogP contribution is 2.29. The van der Waals surface area contributed by atoms with Crippen LogP contribution in [0.15, 0.2) is 11.0 Å². The van der Waals surface area contributed by atoms with E-state index in [0.717, 1.165) is 24.6 Å². The smallest absolute Gasteiger partial charge is 0.201 e. The minimum absolute atomic E-state index is 0.000755. The summed E-state index contributed by atoms with van der Waals surface area (Å²) in [6, 6.07) is 0. The molecule has 0 atom stereocenters. The zero-order valence-electron chi connectivity index (χ0n) is 10.7. The number of carbonyl (C=O) groups excluding carboxylic acids is 2. The maximum absolute atomic E-state index is 11.3. The fourth-order valence-electron chi connectivity index (χ4n) is 1.92. The molecule has 0 aromatic heterocycles. The molecule has 0 spiro atoms. The lowest BCUT2D eigenvalue weighted by Gasteiger charge is -1.99. The Balaban J connectivity index is 2.02. The highest BCUT2D eigenvalue weighted by atomic mass is 32.2. The van der Waals surface area contributed by atoms with Gasteiger partial charge >= 0.3 is 0 Å². The molecule has 0 aliphatic carbocycles. The van der Waals surface area contributed by atoms with Gasteiger partial charge in [0.15, 0.2) is 5.78 Å². The summed E-state index contributed by atoms with van der Waals surface area (Å²) >= 11 is 1.12. The molecular formula is C14H22O2S. The van der Waals surface area contributed by atoms with E-state index in [-0.39, 0.29) is 17.3 Å². The van der Waals surface area contributed by atoms with Crippen molar-refractivity contribution in [1.82, 2.24) is 0 Å². The Bertz CT molecular complexity index is 295. The summed E-state index contributed by atoms with van der Waals surface area (Å²) in [5, 5.41) is 0.000755. The molecule has 0 unspecified atom stereocenters. The third-order valence-electron chi connectivity index (χ3n) is 2.94. The van der Waals surface area contributed by atoms with Crippen LogP contribution in [0.2, 0.25) is 0 Å². The second-order valence-corrected chi connectivity index (χ2v) is 5.65. The van der Waals surface area contributed by atoms with Gasteiger partial charge in [0.25, 0.3) is 0 Å². The zero-order valence-corrected chi connectivity index (χ0v) is 11.5. The molecule has 0 aromatic rings. The molecule has 1 fully saturated rings. The lowest BCUT2D eigenvalue weighted by molar-refractivity contribution is -0.119. The lowest BCUT2D eigenvalue weighted by atomic mass is 10.1. The second-order valence-electron chi connectivity index (χ2n) is 4.55. The number of carbonyl (C=O) groups is 2. The topological polar surface area (TPSA) is 34.1 Å². The number of hydrogen-bond acceptors (Lipinski definition) is 3. The fraction of sp³-hybridized carbons (Fsp3) is 0.714. The summed E-state index contributed by atoms with van der Waals surface area (Å²) in [5.41, 5.74) is 0. The largest absolute Gasteiger partial charge is 0.293 e. The molecule has 0 amide bonds. The maximum atomic E-state index is 11.3.